The molecule has 3 heterocycles. The van der Waals surface area contributed by atoms with E-state index in [1.54, 1.807) is 29.5 Å². The maximum atomic E-state index is 8.28. The first kappa shape index (κ1) is 29.3. The van der Waals surface area contributed by atoms with Gasteiger partial charge >= 0.3 is 0 Å². The number of hydrogen-bond acceptors (Lipinski definition) is 3. The Balaban J connectivity index is 0.000000231. The van der Waals surface area contributed by atoms with Crippen LogP contribution in [0.5, 0.6) is 0 Å². The van der Waals surface area contributed by atoms with Crippen molar-refractivity contribution in [3.63, 3.8) is 0 Å². The smallest absolute Gasteiger partial charge is 0.0774 e. The molecule has 0 bridgehead atoms. The number of pyridine rings is 1. The van der Waals surface area contributed by atoms with Gasteiger partial charge in [0.25, 0.3) is 0 Å². The Morgan fingerprint density at radius 1 is 0.725 bits per heavy atom. The monoisotopic (exact) mass is 856 g/mol. The van der Waals surface area contributed by atoms with Crippen molar-refractivity contribution < 1.29 is 25.6 Å². The molecule has 0 saturated heterocycles. The summed E-state index contributed by atoms with van der Waals surface area (Å²) in [5.41, 5.74) is 11.6. The second kappa shape index (κ2) is 15.2. The molecule has 9 rings (SSSR count). The van der Waals surface area contributed by atoms with E-state index < -0.39 is 6.85 Å². The van der Waals surface area contributed by atoms with E-state index in [1.807, 2.05) is 42.5 Å². The van der Waals surface area contributed by atoms with E-state index in [4.69, 9.17) is 10.5 Å². The predicted octanol–water partition coefficient (Wildman–Crippen LogP) is 12.2. The fourth-order valence-corrected chi connectivity index (χ4v) is 7.07. The van der Waals surface area contributed by atoms with Crippen LogP contribution in [0.2, 0.25) is 0 Å². The van der Waals surface area contributed by atoms with Crippen molar-refractivity contribution in [2.75, 3.05) is 0 Å². The van der Waals surface area contributed by atoms with E-state index in [1.165, 1.54) is 11.8 Å². The van der Waals surface area contributed by atoms with Crippen LogP contribution in [-0.2, 0) is 20.1 Å². The maximum Gasteiger partial charge on any atom is 0.0774 e. The Bertz CT molecular complexity index is 2650. The van der Waals surface area contributed by atoms with Gasteiger partial charge in [-0.05, 0) is 66.0 Å². The Morgan fingerprint density at radius 3 is 2.10 bits per heavy atom. The standard InChI is InChI=1S/C34H23N2S.C12H10N.Ir/c1-23-20-27(24-12-4-2-5-13-24)33(28(21-23)25-14-6-3-7-15-25)36-31-18-10-9-17-30(31)35-34(36)29-22-37-32-19-11-8-16-26(29)32;1-10-7-8-12(13-9-10)11-5-3-2-4-6-11;/h2-21H,1H3;2-5,7-9H,1H3;/q2*-1;/i8D;1D3;. The van der Waals surface area contributed by atoms with Gasteiger partial charge in [0.1, 0.15) is 0 Å². The van der Waals surface area contributed by atoms with Crippen molar-refractivity contribution in [2.45, 2.75) is 13.8 Å². The number of hydrogen-bond donors (Lipinski definition) is 0. The van der Waals surface area contributed by atoms with Gasteiger partial charge in [0, 0.05) is 41.5 Å². The average molecular weight is 856 g/mol. The van der Waals surface area contributed by atoms with Gasteiger partial charge < -0.3 is 9.55 Å². The zero-order valence-electron chi connectivity index (χ0n) is 31.6. The van der Waals surface area contributed by atoms with Crippen molar-refractivity contribution in [1.29, 1.82) is 0 Å². The molecule has 0 spiro atoms. The molecule has 3 nitrogen and oxygen atoms in total. The molecule has 51 heavy (non-hydrogen) atoms. The van der Waals surface area contributed by atoms with Crippen LogP contribution in [-0.4, -0.2) is 14.5 Å². The maximum absolute atomic E-state index is 8.28. The summed E-state index contributed by atoms with van der Waals surface area (Å²) >= 11 is 1.57. The van der Waals surface area contributed by atoms with Crippen molar-refractivity contribution in [2.24, 2.45) is 0 Å². The normalized spacial score (nSPS) is 12.2. The van der Waals surface area contributed by atoms with E-state index in [9.17, 15) is 0 Å². The first-order valence-corrected chi connectivity index (χ1v) is 17.1. The van der Waals surface area contributed by atoms with E-state index in [0.29, 0.717) is 6.04 Å². The van der Waals surface area contributed by atoms with Crippen LogP contribution in [0.1, 0.15) is 16.6 Å². The molecule has 5 heteroatoms. The van der Waals surface area contributed by atoms with Gasteiger partial charge in [-0.15, -0.1) is 47.3 Å². The minimum absolute atomic E-state index is 0. The number of benzene rings is 6. The third kappa shape index (κ3) is 6.97. The second-order valence-corrected chi connectivity index (χ2v) is 12.8. The van der Waals surface area contributed by atoms with Gasteiger partial charge in [0.2, 0.25) is 0 Å². The first-order valence-electron chi connectivity index (χ1n) is 18.3. The van der Waals surface area contributed by atoms with Gasteiger partial charge in [-0.3, -0.25) is 16.3 Å². The van der Waals surface area contributed by atoms with Gasteiger partial charge in [0.15, 0.2) is 0 Å². The average Bonchev–Trinajstić information content (AvgIpc) is 3.79. The summed E-state index contributed by atoms with van der Waals surface area (Å²) in [7, 11) is 0. The number of para-hydroxylation sites is 2. The number of nitrogens with zero attached hydrogens (tertiary/aromatic N) is 3. The molecule has 249 valence electrons. The van der Waals surface area contributed by atoms with Crippen LogP contribution in [0, 0.1) is 25.2 Å². The molecule has 0 atom stereocenters. The minimum atomic E-state index is -2.09. The third-order valence-corrected chi connectivity index (χ3v) is 9.42. The van der Waals surface area contributed by atoms with E-state index in [2.05, 4.69) is 119 Å². The summed E-state index contributed by atoms with van der Waals surface area (Å²) < 4.78 is 33.4. The minimum Gasteiger partial charge on any atom is -0.332 e. The fraction of sp³-hybridized carbons (Fsp3) is 0.0435. The second-order valence-electron chi connectivity index (χ2n) is 11.9. The number of aryl methyl sites for hydroxylation is 2. The van der Waals surface area contributed by atoms with Crippen LogP contribution in [0.15, 0.2) is 164 Å². The van der Waals surface area contributed by atoms with Crippen LogP contribution >= 0.6 is 11.3 Å². The zero-order chi connectivity index (χ0) is 37.2. The Morgan fingerprint density at radius 2 is 1.43 bits per heavy atom. The largest absolute Gasteiger partial charge is 0.332 e. The molecular weight excluding hydrogens is 819 g/mol. The molecule has 6 aromatic carbocycles. The van der Waals surface area contributed by atoms with Crippen LogP contribution in [0.25, 0.3) is 71.7 Å². The third-order valence-electron chi connectivity index (χ3n) is 8.54. The molecule has 9 aromatic rings. The molecule has 0 aliphatic carbocycles. The molecule has 0 amide bonds. The number of imidazole rings is 1. The fourth-order valence-electron chi connectivity index (χ4n) is 6.25. The van der Waals surface area contributed by atoms with Crippen molar-refractivity contribution in [3.8, 4) is 50.6 Å². The predicted molar refractivity (Wildman–Crippen MR) is 210 cm³/mol. The number of thiophene rings is 1. The molecule has 0 fully saturated rings. The molecule has 0 aliphatic rings. The number of fused-ring (bicyclic) bond motifs is 2. The number of aromatic nitrogens is 3. The van der Waals surface area contributed by atoms with Crippen LogP contribution < -0.4 is 0 Å². The van der Waals surface area contributed by atoms with Gasteiger partial charge in [0.05, 0.1) is 23.9 Å². The van der Waals surface area contributed by atoms with E-state index >= 15 is 0 Å². The first-order chi connectivity index (χ1) is 26.2. The molecule has 0 N–H and O–H groups in total. The molecule has 1 radical (unpaired) electrons. The molecule has 0 unspecified atom stereocenters. The summed E-state index contributed by atoms with van der Waals surface area (Å²) in [5, 5.41) is 4.54. The Kier molecular flexibility index (Phi) is 8.73. The van der Waals surface area contributed by atoms with Crippen molar-refractivity contribution in [1.82, 2.24) is 14.5 Å². The molecular formula is C46H33IrN3S-2. The van der Waals surface area contributed by atoms with Gasteiger partial charge in [-0.1, -0.05) is 119 Å². The Hall–Kier alpha value is -5.45. The van der Waals surface area contributed by atoms with E-state index in [0.717, 1.165) is 71.7 Å². The summed E-state index contributed by atoms with van der Waals surface area (Å²) in [5.74, 6) is 0.835. The zero-order valence-corrected chi connectivity index (χ0v) is 30.8. The molecule has 3 aromatic heterocycles. The van der Waals surface area contributed by atoms with Crippen LogP contribution in [0.3, 0.4) is 0 Å². The molecule has 0 aliphatic heterocycles. The summed E-state index contributed by atoms with van der Waals surface area (Å²) in [4.78, 5) is 9.30. The van der Waals surface area contributed by atoms with Crippen LogP contribution in [0.4, 0.5) is 0 Å². The van der Waals surface area contributed by atoms with Crippen molar-refractivity contribution in [3.05, 3.63) is 186 Å². The number of rotatable bonds is 5. The van der Waals surface area contributed by atoms with E-state index in [-0.39, 0.29) is 25.7 Å². The SMILES string of the molecule is [2H]C([2H])([2H])c1ccc(-c2[c-]cccc2)nc1.[2H]c1ccc2s[c-]c(-c3nc4ccccc4n3-c3c(-c4ccccc4)cc(C)cc3-c3ccccc3)c2c1.[Ir]. The van der Waals surface area contributed by atoms with Gasteiger partial charge in [-0.25, -0.2) is 0 Å². The topological polar surface area (TPSA) is 30.7 Å². The summed E-state index contributed by atoms with van der Waals surface area (Å²) in [6.45, 7) is 0.0669. The summed E-state index contributed by atoms with van der Waals surface area (Å²) in [6.07, 6.45) is 1.39. The summed E-state index contributed by atoms with van der Waals surface area (Å²) in [6, 6.07) is 54.0. The van der Waals surface area contributed by atoms with Crippen molar-refractivity contribution >= 4 is 32.5 Å². The molecule has 0 saturated carbocycles. The Labute approximate surface area is 321 Å². The van der Waals surface area contributed by atoms with Gasteiger partial charge in [-0.2, -0.15) is 0 Å². The quantitative estimate of drug-likeness (QED) is 0.162.